The van der Waals surface area contributed by atoms with Gasteiger partial charge in [-0.2, -0.15) is 52.7 Å². The van der Waals surface area contributed by atoms with Crippen LogP contribution in [-0.4, -0.2) is 99.0 Å². The summed E-state index contributed by atoms with van der Waals surface area (Å²) >= 11 is 0. The fourth-order valence-corrected chi connectivity index (χ4v) is 3.29. The Kier molecular flexibility index (Phi) is 11.4. The number of hydrogen-bond acceptors (Lipinski definition) is 12. The number of ether oxygens (including phenoxy) is 7. The Balaban J connectivity index is 2.79. The number of esters is 5. The topological polar surface area (TPSA) is 150 Å². The molecule has 0 N–H and O–H groups in total. The lowest BCUT2D eigenvalue weighted by molar-refractivity contribution is -0.306. The molecule has 0 saturated carbocycles. The molecule has 0 amide bonds. The minimum Gasteiger partial charge on any atom is -0.465 e. The Hall–Kier alpha value is -4.51. The molecular formula is C22H14F12O12. The highest BCUT2D eigenvalue weighted by Crippen LogP contribution is 2.35. The van der Waals surface area contributed by atoms with Crippen LogP contribution in [0.2, 0.25) is 0 Å². The number of halogens is 12. The number of carbonyl (C=O) groups excluding carboxylic acids is 5. The molecule has 258 valence electrons. The first-order chi connectivity index (χ1) is 20.9. The van der Waals surface area contributed by atoms with E-state index in [1.807, 2.05) is 0 Å². The summed E-state index contributed by atoms with van der Waals surface area (Å²) in [7, 11) is 0.793. The quantitative estimate of drug-likeness (QED) is 0.223. The van der Waals surface area contributed by atoms with Crippen molar-refractivity contribution in [1.29, 1.82) is 0 Å². The van der Waals surface area contributed by atoms with E-state index >= 15 is 0 Å². The van der Waals surface area contributed by atoms with Crippen molar-refractivity contribution in [2.45, 2.75) is 55.4 Å². The molecule has 5 atom stereocenters. The lowest BCUT2D eigenvalue weighted by atomic mass is 9.98. The van der Waals surface area contributed by atoms with E-state index in [-0.39, 0.29) is 0 Å². The molecule has 0 aromatic heterocycles. The Bertz CT molecular complexity index is 1300. The highest BCUT2D eigenvalue weighted by molar-refractivity contribution is 5.92. The van der Waals surface area contributed by atoms with Crippen LogP contribution >= 0.6 is 0 Å². The van der Waals surface area contributed by atoms with Gasteiger partial charge >= 0.3 is 54.6 Å². The minimum absolute atomic E-state index is 0.663. The first-order valence-corrected chi connectivity index (χ1v) is 11.4. The molecule has 1 saturated heterocycles. The fourth-order valence-electron chi connectivity index (χ4n) is 3.29. The van der Waals surface area contributed by atoms with Gasteiger partial charge in [0.05, 0.1) is 7.11 Å². The summed E-state index contributed by atoms with van der Waals surface area (Å²) in [5.74, 6) is -15.5. The molecule has 0 radical (unpaired) electrons. The van der Waals surface area contributed by atoms with Crippen LogP contribution < -0.4 is 4.74 Å². The average Bonchev–Trinajstić information content (AvgIpc) is 2.92. The van der Waals surface area contributed by atoms with Crippen LogP contribution in [0.5, 0.6) is 5.75 Å². The molecule has 0 unspecified atom stereocenters. The molecule has 12 nitrogen and oxygen atoms in total. The molecule has 24 heteroatoms. The summed E-state index contributed by atoms with van der Waals surface area (Å²) in [6, 6.07) is 3.81. The zero-order valence-corrected chi connectivity index (χ0v) is 21.8. The first kappa shape index (κ1) is 37.7. The van der Waals surface area contributed by atoms with Crippen LogP contribution in [0.1, 0.15) is 10.4 Å². The highest BCUT2D eigenvalue weighted by atomic mass is 19.4. The number of methoxy groups -OCH3 is 1. The normalized spacial score (nSPS) is 22.2. The van der Waals surface area contributed by atoms with Gasteiger partial charge in [-0.1, -0.05) is 12.1 Å². The number of para-hydroxylation sites is 1. The summed E-state index contributed by atoms with van der Waals surface area (Å²) in [6.07, 6.45) is -40.2. The third-order valence-corrected chi connectivity index (χ3v) is 5.16. The van der Waals surface area contributed by atoms with Gasteiger partial charge < -0.3 is 33.2 Å². The second-order valence-corrected chi connectivity index (χ2v) is 8.35. The van der Waals surface area contributed by atoms with Crippen molar-refractivity contribution in [3.05, 3.63) is 29.8 Å². The van der Waals surface area contributed by atoms with Crippen molar-refractivity contribution in [3.63, 3.8) is 0 Å². The molecule has 0 bridgehead atoms. The van der Waals surface area contributed by atoms with E-state index in [0.29, 0.717) is 0 Å². The maximum absolute atomic E-state index is 13.1. The summed E-state index contributed by atoms with van der Waals surface area (Å²) in [6.45, 7) is -2.04. The van der Waals surface area contributed by atoms with E-state index < -0.39 is 103 Å². The van der Waals surface area contributed by atoms with E-state index in [4.69, 9.17) is 9.47 Å². The molecular weight excluding hydrogens is 684 g/mol. The molecule has 1 fully saturated rings. The van der Waals surface area contributed by atoms with E-state index in [9.17, 15) is 76.7 Å². The van der Waals surface area contributed by atoms with Crippen LogP contribution in [0.4, 0.5) is 52.7 Å². The van der Waals surface area contributed by atoms with E-state index in [0.717, 1.165) is 31.4 Å². The van der Waals surface area contributed by atoms with Crippen LogP contribution in [-0.2, 0) is 47.6 Å². The zero-order valence-electron chi connectivity index (χ0n) is 21.8. The lowest BCUT2D eigenvalue weighted by Gasteiger charge is -2.44. The van der Waals surface area contributed by atoms with Gasteiger partial charge in [-0.15, -0.1) is 0 Å². The van der Waals surface area contributed by atoms with Crippen LogP contribution in [0.25, 0.3) is 0 Å². The Labute approximate surface area is 245 Å². The molecule has 2 rings (SSSR count). The van der Waals surface area contributed by atoms with Gasteiger partial charge in [0.2, 0.25) is 12.4 Å². The zero-order chi connectivity index (χ0) is 35.4. The predicted molar refractivity (Wildman–Crippen MR) is 112 cm³/mol. The lowest BCUT2D eigenvalue weighted by Crippen LogP contribution is -2.65. The Morgan fingerprint density at radius 2 is 1.09 bits per heavy atom. The van der Waals surface area contributed by atoms with Crippen molar-refractivity contribution in [3.8, 4) is 5.75 Å². The number of alkyl halides is 12. The molecule has 46 heavy (non-hydrogen) atoms. The molecule has 1 aliphatic heterocycles. The molecule has 0 spiro atoms. The largest absolute Gasteiger partial charge is 0.490 e. The second kappa shape index (κ2) is 13.9. The van der Waals surface area contributed by atoms with Crippen molar-refractivity contribution >= 4 is 29.8 Å². The summed E-state index contributed by atoms with van der Waals surface area (Å²) < 4.78 is 186. The van der Waals surface area contributed by atoms with E-state index in [2.05, 4.69) is 23.7 Å². The Morgan fingerprint density at radius 1 is 0.652 bits per heavy atom. The molecule has 1 heterocycles. The summed E-state index contributed by atoms with van der Waals surface area (Å²) in [5, 5.41) is 0. The minimum atomic E-state index is -6.12. The number of carbonyl (C=O) groups is 5. The van der Waals surface area contributed by atoms with Gasteiger partial charge in [-0.3, -0.25) is 0 Å². The van der Waals surface area contributed by atoms with Crippen molar-refractivity contribution in [2.24, 2.45) is 0 Å². The second-order valence-electron chi connectivity index (χ2n) is 8.35. The highest BCUT2D eigenvalue weighted by Gasteiger charge is 2.59. The standard InChI is InChI=1S/C22H14F12O12/c1-40-13(35)7-4-2-3-5-8(7)42-14-12(46-18(39)22(32,33)34)11(45-17(38)21(29,30)31)10(44-16(37)20(26,27)28)9(43-14)6-41-15(36)19(23,24)25/h2-5,9-12,14H,6H2,1H3/t9-,10-,11+,12-,14-/m1/s1. The van der Waals surface area contributed by atoms with Gasteiger partial charge in [0.1, 0.15) is 24.0 Å². The average molecular weight is 698 g/mol. The van der Waals surface area contributed by atoms with Gasteiger partial charge in [0.25, 0.3) is 0 Å². The third kappa shape index (κ3) is 9.74. The number of benzene rings is 1. The van der Waals surface area contributed by atoms with E-state index in [1.165, 1.54) is 0 Å². The van der Waals surface area contributed by atoms with Crippen molar-refractivity contribution in [1.82, 2.24) is 0 Å². The van der Waals surface area contributed by atoms with Crippen LogP contribution in [0, 0.1) is 0 Å². The van der Waals surface area contributed by atoms with Crippen molar-refractivity contribution in [2.75, 3.05) is 13.7 Å². The summed E-state index contributed by atoms with van der Waals surface area (Å²) in [5.41, 5.74) is -0.663. The van der Waals surface area contributed by atoms with Crippen molar-refractivity contribution < 1.29 is 110 Å². The summed E-state index contributed by atoms with van der Waals surface area (Å²) in [4.78, 5) is 58.3. The van der Waals surface area contributed by atoms with Gasteiger partial charge in [0, 0.05) is 0 Å². The monoisotopic (exact) mass is 698 g/mol. The smallest absolute Gasteiger partial charge is 0.465 e. The number of rotatable bonds is 8. The van der Waals surface area contributed by atoms with Gasteiger partial charge in [0.15, 0.2) is 12.2 Å². The van der Waals surface area contributed by atoms with E-state index in [1.54, 1.807) is 0 Å². The number of hydrogen-bond donors (Lipinski definition) is 0. The third-order valence-electron chi connectivity index (χ3n) is 5.16. The van der Waals surface area contributed by atoms with Crippen LogP contribution in [0.15, 0.2) is 24.3 Å². The van der Waals surface area contributed by atoms with Gasteiger partial charge in [-0.25, -0.2) is 24.0 Å². The first-order valence-electron chi connectivity index (χ1n) is 11.4. The fraction of sp³-hybridized carbons (Fsp3) is 0.500. The van der Waals surface area contributed by atoms with Crippen LogP contribution in [0.3, 0.4) is 0 Å². The maximum Gasteiger partial charge on any atom is 0.490 e. The Morgan fingerprint density at radius 3 is 1.54 bits per heavy atom. The maximum atomic E-state index is 13.1. The van der Waals surface area contributed by atoms with Gasteiger partial charge in [-0.05, 0) is 12.1 Å². The molecule has 0 aliphatic carbocycles. The molecule has 1 aliphatic rings. The SMILES string of the molecule is COC(=O)c1ccccc1O[C@@H]1O[C@H](COC(=O)C(F)(F)F)[C@@H](OC(=O)C(F)(F)F)[C@H](OC(=O)C(F)(F)F)[C@H]1OC(=O)C(F)(F)F. The molecule has 1 aromatic rings. The predicted octanol–water partition coefficient (Wildman–Crippen LogP) is 3.10. The molecule has 1 aromatic carbocycles.